The van der Waals surface area contributed by atoms with Gasteiger partial charge in [0.25, 0.3) is 5.91 Å². The first-order valence-corrected chi connectivity index (χ1v) is 8.39. The van der Waals surface area contributed by atoms with Crippen LogP contribution < -0.4 is 5.32 Å². The van der Waals surface area contributed by atoms with Crippen molar-refractivity contribution in [2.75, 3.05) is 0 Å². The number of aryl methyl sites for hydroxylation is 1. The fourth-order valence-corrected chi connectivity index (χ4v) is 2.71. The number of benzene rings is 1. The highest BCUT2D eigenvalue weighted by Gasteiger charge is 2.08. The van der Waals surface area contributed by atoms with Gasteiger partial charge in [-0.05, 0) is 48.9 Å². The van der Waals surface area contributed by atoms with E-state index in [2.05, 4.69) is 25.4 Å². The minimum atomic E-state index is -0.141. The third kappa shape index (κ3) is 3.59. The number of nitrogens with one attached hydrogen (secondary N) is 1. The molecule has 1 amide bonds. The molecule has 0 atom stereocenters. The molecule has 4 rings (SSSR count). The summed E-state index contributed by atoms with van der Waals surface area (Å²) in [6.07, 6.45) is 8.39. The highest BCUT2D eigenvalue weighted by molar-refractivity contribution is 5.94. The Morgan fingerprint density at radius 2 is 1.96 bits per heavy atom. The van der Waals surface area contributed by atoms with Gasteiger partial charge < -0.3 is 5.32 Å². The first-order chi connectivity index (χ1) is 13.2. The van der Waals surface area contributed by atoms with Crippen LogP contribution in [-0.2, 0) is 6.54 Å². The highest BCUT2D eigenvalue weighted by atomic mass is 16.1. The minimum Gasteiger partial charge on any atom is -0.348 e. The average Bonchev–Trinajstić information content (AvgIpc) is 3.38. The number of pyridine rings is 1. The third-order valence-electron chi connectivity index (χ3n) is 4.15. The summed E-state index contributed by atoms with van der Waals surface area (Å²) in [6, 6.07) is 11.0. The maximum Gasteiger partial charge on any atom is 0.251 e. The summed E-state index contributed by atoms with van der Waals surface area (Å²) in [4.78, 5) is 24.9. The van der Waals surface area contributed by atoms with Crippen LogP contribution in [0.5, 0.6) is 0 Å². The molecule has 134 valence electrons. The van der Waals surface area contributed by atoms with Gasteiger partial charge in [-0.1, -0.05) is 0 Å². The van der Waals surface area contributed by atoms with Gasteiger partial charge in [-0.3, -0.25) is 9.36 Å². The van der Waals surface area contributed by atoms with Crippen LogP contribution >= 0.6 is 0 Å². The van der Waals surface area contributed by atoms with E-state index >= 15 is 0 Å². The molecule has 0 saturated carbocycles. The van der Waals surface area contributed by atoms with E-state index < -0.39 is 0 Å². The first kappa shape index (κ1) is 16.6. The molecule has 3 heterocycles. The first-order valence-electron chi connectivity index (χ1n) is 8.39. The van der Waals surface area contributed by atoms with E-state index in [1.807, 2.05) is 42.0 Å². The molecule has 0 radical (unpaired) electrons. The smallest absolute Gasteiger partial charge is 0.251 e. The Labute approximate surface area is 155 Å². The monoisotopic (exact) mass is 359 g/mol. The normalized spacial score (nSPS) is 10.7. The van der Waals surface area contributed by atoms with E-state index in [9.17, 15) is 4.79 Å². The molecule has 4 aromatic rings. The van der Waals surface area contributed by atoms with E-state index in [0.29, 0.717) is 12.1 Å². The lowest BCUT2D eigenvalue weighted by molar-refractivity contribution is 0.0951. The second kappa shape index (κ2) is 7.20. The predicted octanol–water partition coefficient (Wildman–Crippen LogP) is 2.09. The Bertz CT molecular complexity index is 1050. The molecule has 0 aliphatic rings. The van der Waals surface area contributed by atoms with Gasteiger partial charge in [0, 0.05) is 30.7 Å². The van der Waals surface area contributed by atoms with Gasteiger partial charge in [0.1, 0.15) is 24.3 Å². The van der Waals surface area contributed by atoms with Gasteiger partial charge >= 0.3 is 0 Å². The zero-order valence-corrected chi connectivity index (χ0v) is 14.6. The number of imidazole rings is 1. The molecule has 27 heavy (non-hydrogen) atoms. The number of amides is 1. The number of carbonyl (C=O) groups is 1. The van der Waals surface area contributed by atoms with Crippen LogP contribution in [0.15, 0.2) is 67.6 Å². The Balaban J connectivity index is 1.43. The zero-order valence-electron chi connectivity index (χ0n) is 14.6. The maximum atomic E-state index is 12.4. The van der Waals surface area contributed by atoms with Crippen LogP contribution in [0.4, 0.5) is 0 Å². The SMILES string of the molecule is Cc1nccn1-c1cc(CNC(=O)c2ccc(-n3cncn3)cc2)ccn1. The van der Waals surface area contributed by atoms with Gasteiger partial charge in [-0.15, -0.1) is 0 Å². The molecule has 1 aromatic carbocycles. The van der Waals surface area contributed by atoms with Crippen molar-refractivity contribution >= 4 is 5.91 Å². The van der Waals surface area contributed by atoms with Crippen LogP contribution in [0.3, 0.4) is 0 Å². The van der Waals surface area contributed by atoms with Crippen molar-refractivity contribution in [3.05, 3.63) is 84.6 Å². The van der Waals surface area contributed by atoms with Gasteiger partial charge in [0.05, 0.1) is 5.69 Å². The van der Waals surface area contributed by atoms with Crippen molar-refractivity contribution in [3.63, 3.8) is 0 Å². The van der Waals surface area contributed by atoms with Crippen molar-refractivity contribution in [1.29, 1.82) is 0 Å². The fourth-order valence-electron chi connectivity index (χ4n) is 2.71. The van der Waals surface area contributed by atoms with Crippen molar-refractivity contribution in [2.45, 2.75) is 13.5 Å². The van der Waals surface area contributed by atoms with Crippen molar-refractivity contribution in [2.24, 2.45) is 0 Å². The van der Waals surface area contributed by atoms with E-state index in [1.165, 1.54) is 6.33 Å². The summed E-state index contributed by atoms with van der Waals surface area (Å²) in [5.41, 5.74) is 2.39. The molecule has 0 fully saturated rings. The van der Waals surface area contributed by atoms with Crippen LogP contribution in [-0.4, -0.2) is 35.2 Å². The Kier molecular flexibility index (Phi) is 4.44. The number of hydrogen-bond acceptors (Lipinski definition) is 5. The summed E-state index contributed by atoms with van der Waals surface area (Å²) in [5.74, 6) is 1.49. The van der Waals surface area contributed by atoms with E-state index in [1.54, 1.807) is 35.5 Å². The second-order valence-electron chi connectivity index (χ2n) is 5.94. The summed E-state index contributed by atoms with van der Waals surface area (Å²) in [7, 11) is 0. The average molecular weight is 359 g/mol. The molecule has 0 aliphatic heterocycles. The van der Waals surface area contributed by atoms with E-state index in [4.69, 9.17) is 0 Å². The molecule has 3 aromatic heterocycles. The molecule has 8 nitrogen and oxygen atoms in total. The summed E-state index contributed by atoms with van der Waals surface area (Å²) < 4.78 is 3.53. The molecular formula is C19H17N7O. The number of hydrogen-bond donors (Lipinski definition) is 1. The highest BCUT2D eigenvalue weighted by Crippen LogP contribution is 2.11. The molecule has 0 bridgehead atoms. The van der Waals surface area contributed by atoms with Crippen molar-refractivity contribution < 1.29 is 4.79 Å². The van der Waals surface area contributed by atoms with E-state index in [0.717, 1.165) is 22.9 Å². The topological polar surface area (TPSA) is 90.5 Å². The molecule has 0 spiro atoms. The summed E-state index contributed by atoms with van der Waals surface area (Å²) in [6.45, 7) is 2.33. The van der Waals surface area contributed by atoms with Crippen LogP contribution in [0.2, 0.25) is 0 Å². The van der Waals surface area contributed by atoms with Gasteiger partial charge in [0.2, 0.25) is 0 Å². The second-order valence-corrected chi connectivity index (χ2v) is 5.94. The molecule has 1 N–H and O–H groups in total. The Hall–Kier alpha value is -3.81. The van der Waals surface area contributed by atoms with Crippen LogP contribution in [0, 0.1) is 6.92 Å². The minimum absolute atomic E-state index is 0.141. The standard InChI is InChI=1S/C19H17N7O/c1-14-21-8-9-25(14)18-10-15(6-7-22-18)11-23-19(27)16-2-4-17(5-3-16)26-13-20-12-24-26/h2-10,12-13H,11H2,1H3,(H,23,27). The van der Waals surface area contributed by atoms with Gasteiger partial charge in [-0.25, -0.2) is 19.6 Å². The van der Waals surface area contributed by atoms with Crippen LogP contribution in [0.25, 0.3) is 11.5 Å². The number of rotatable bonds is 5. The van der Waals surface area contributed by atoms with Gasteiger partial charge in [-0.2, -0.15) is 5.10 Å². The maximum absolute atomic E-state index is 12.4. The fraction of sp³-hybridized carbons (Fsp3) is 0.105. The van der Waals surface area contributed by atoms with Crippen LogP contribution in [0.1, 0.15) is 21.7 Å². The van der Waals surface area contributed by atoms with E-state index in [-0.39, 0.29) is 5.91 Å². The lowest BCUT2D eigenvalue weighted by Gasteiger charge is -2.09. The quantitative estimate of drug-likeness (QED) is 0.589. The molecule has 0 saturated heterocycles. The summed E-state index contributed by atoms with van der Waals surface area (Å²) >= 11 is 0. The predicted molar refractivity (Wildman–Crippen MR) is 98.6 cm³/mol. The number of nitrogens with zero attached hydrogens (tertiary/aromatic N) is 6. The third-order valence-corrected chi connectivity index (χ3v) is 4.15. The molecular weight excluding hydrogens is 342 g/mol. The number of aromatic nitrogens is 6. The molecule has 0 aliphatic carbocycles. The lowest BCUT2D eigenvalue weighted by Crippen LogP contribution is -2.22. The van der Waals surface area contributed by atoms with Crippen molar-refractivity contribution in [1.82, 2.24) is 34.6 Å². The number of carbonyl (C=O) groups excluding carboxylic acids is 1. The van der Waals surface area contributed by atoms with Gasteiger partial charge in [0.15, 0.2) is 0 Å². The molecule has 8 heteroatoms. The largest absolute Gasteiger partial charge is 0.348 e. The lowest BCUT2D eigenvalue weighted by atomic mass is 10.2. The van der Waals surface area contributed by atoms with Crippen molar-refractivity contribution in [3.8, 4) is 11.5 Å². The summed E-state index contributed by atoms with van der Waals surface area (Å²) in [5, 5.41) is 7.00. The molecule has 0 unspecified atom stereocenters. The Morgan fingerprint density at radius 1 is 1.11 bits per heavy atom. The Morgan fingerprint density at radius 3 is 2.67 bits per heavy atom. The zero-order chi connectivity index (χ0) is 18.6.